The maximum atomic E-state index is 12.6. The van der Waals surface area contributed by atoms with E-state index in [1.54, 1.807) is 29.7 Å². The summed E-state index contributed by atoms with van der Waals surface area (Å²) in [5.74, 6) is 2.01. The second-order valence-electron chi connectivity index (χ2n) is 6.59. The van der Waals surface area contributed by atoms with Gasteiger partial charge in [0, 0.05) is 11.1 Å². The largest absolute Gasteiger partial charge is 0.495 e. The standard InChI is InChI=1S/C21H19ClN4O3S2/c1-13-9-16(17(28-2)10-15(13)22)23-19(27)12-31-21-25-24-20(18-6-4-8-30-18)26(21)11-14-5-3-7-29-14/h3-10H,11-12H2,1-2H3,(H,23,27). The number of amides is 1. The molecule has 160 valence electrons. The molecule has 7 nitrogen and oxygen atoms in total. The molecule has 1 amide bonds. The van der Waals surface area contributed by atoms with Gasteiger partial charge >= 0.3 is 0 Å². The highest BCUT2D eigenvalue weighted by atomic mass is 35.5. The van der Waals surface area contributed by atoms with E-state index in [4.69, 9.17) is 20.8 Å². The lowest BCUT2D eigenvalue weighted by Gasteiger charge is -2.12. The first kappa shape index (κ1) is 21.5. The average Bonchev–Trinajstić information content (AvgIpc) is 3.51. The van der Waals surface area contributed by atoms with Crippen LogP contribution in [0.25, 0.3) is 10.7 Å². The van der Waals surface area contributed by atoms with E-state index in [2.05, 4.69) is 15.5 Å². The lowest BCUT2D eigenvalue weighted by atomic mass is 10.2. The normalized spacial score (nSPS) is 10.9. The first-order chi connectivity index (χ1) is 15.0. The molecule has 0 saturated carbocycles. The van der Waals surface area contributed by atoms with Crippen molar-refractivity contribution in [2.24, 2.45) is 0 Å². The molecular formula is C21H19ClN4O3S2. The van der Waals surface area contributed by atoms with Crippen LogP contribution >= 0.6 is 34.7 Å². The summed E-state index contributed by atoms with van der Waals surface area (Å²) in [5.41, 5.74) is 1.43. The Kier molecular flexibility index (Phi) is 6.64. The van der Waals surface area contributed by atoms with Gasteiger partial charge in [0.1, 0.15) is 11.5 Å². The van der Waals surface area contributed by atoms with Crippen LogP contribution < -0.4 is 10.1 Å². The summed E-state index contributed by atoms with van der Waals surface area (Å²) < 4.78 is 12.8. The minimum absolute atomic E-state index is 0.158. The van der Waals surface area contributed by atoms with E-state index in [1.165, 1.54) is 18.9 Å². The third-order valence-corrected chi connectivity index (χ3v) is 6.68. The molecule has 0 aliphatic rings. The van der Waals surface area contributed by atoms with Crippen LogP contribution in [0.5, 0.6) is 5.75 Å². The number of thiophene rings is 1. The number of methoxy groups -OCH3 is 1. The highest BCUT2D eigenvalue weighted by Gasteiger charge is 2.18. The van der Waals surface area contributed by atoms with Crippen molar-refractivity contribution in [3.05, 3.63) is 64.4 Å². The number of hydrogen-bond donors (Lipinski definition) is 1. The molecule has 1 N–H and O–H groups in total. The maximum absolute atomic E-state index is 12.6. The van der Waals surface area contributed by atoms with Crippen molar-refractivity contribution >= 4 is 46.3 Å². The molecule has 0 fully saturated rings. The zero-order chi connectivity index (χ0) is 21.8. The Balaban J connectivity index is 1.51. The Morgan fingerprint density at radius 2 is 2.19 bits per heavy atom. The van der Waals surface area contributed by atoms with Crippen LogP contribution in [0.15, 0.2) is 57.6 Å². The lowest BCUT2D eigenvalue weighted by Crippen LogP contribution is -2.15. The minimum atomic E-state index is -0.185. The molecule has 0 saturated heterocycles. The fourth-order valence-corrected chi connectivity index (χ4v) is 4.54. The summed E-state index contributed by atoms with van der Waals surface area (Å²) in [6, 6.07) is 11.2. The fraction of sp³-hybridized carbons (Fsp3) is 0.190. The molecule has 31 heavy (non-hydrogen) atoms. The van der Waals surface area contributed by atoms with Crippen LogP contribution in [0, 0.1) is 6.92 Å². The van der Waals surface area contributed by atoms with Gasteiger partial charge in [0.05, 0.1) is 36.2 Å². The van der Waals surface area contributed by atoms with Gasteiger partial charge in [0.15, 0.2) is 11.0 Å². The van der Waals surface area contributed by atoms with Crippen LogP contribution in [-0.4, -0.2) is 33.5 Å². The number of anilines is 1. The number of benzene rings is 1. The average molecular weight is 475 g/mol. The molecule has 0 radical (unpaired) electrons. The third-order valence-electron chi connectivity index (χ3n) is 4.44. The number of ether oxygens (including phenoxy) is 1. The summed E-state index contributed by atoms with van der Waals surface area (Å²) in [5, 5.41) is 14.7. The van der Waals surface area contributed by atoms with Gasteiger partial charge in [-0.2, -0.15) is 0 Å². The summed E-state index contributed by atoms with van der Waals surface area (Å²) >= 11 is 9.03. The van der Waals surface area contributed by atoms with Crippen LogP contribution in [0.1, 0.15) is 11.3 Å². The summed E-state index contributed by atoms with van der Waals surface area (Å²) in [6.07, 6.45) is 1.63. The maximum Gasteiger partial charge on any atom is 0.234 e. The first-order valence-corrected chi connectivity index (χ1v) is 11.6. The summed E-state index contributed by atoms with van der Waals surface area (Å²) in [7, 11) is 1.54. The molecule has 0 aliphatic heterocycles. The predicted molar refractivity (Wildman–Crippen MR) is 123 cm³/mol. The van der Waals surface area contributed by atoms with Gasteiger partial charge < -0.3 is 14.5 Å². The molecule has 3 heterocycles. The second kappa shape index (κ2) is 9.59. The molecule has 0 spiro atoms. The zero-order valence-electron chi connectivity index (χ0n) is 16.8. The van der Waals surface area contributed by atoms with E-state index in [1.807, 2.05) is 41.1 Å². The molecule has 0 bridgehead atoms. The second-order valence-corrected chi connectivity index (χ2v) is 8.88. The number of rotatable bonds is 8. The van der Waals surface area contributed by atoms with E-state index in [0.29, 0.717) is 28.2 Å². The van der Waals surface area contributed by atoms with Crippen molar-refractivity contribution < 1.29 is 13.9 Å². The summed E-state index contributed by atoms with van der Waals surface area (Å²) in [6.45, 7) is 2.34. The van der Waals surface area contributed by atoms with Crippen molar-refractivity contribution in [2.75, 3.05) is 18.2 Å². The molecule has 0 aliphatic carbocycles. The van der Waals surface area contributed by atoms with E-state index >= 15 is 0 Å². The SMILES string of the molecule is COc1cc(Cl)c(C)cc1NC(=O)CSc1nnc(-c2cccs2)n1Cc1ccco1. The first-order valence-electron chi connectivity index (χ1n) is 9.31. The van der Waals surface area contributed by atoms with E-state index < -0.39 is 0 Å². The smallest absolute Gasteiger partial charge is 0.234 e. The van der Waals surface area contributed by atoms with Crippen LogP contribution in [-0.2, 0) is 11.3 Å². The van der Waals surface area contributed by atoms with Crippen molar-refractivity contribution in [1.82, 2.24) is 14.8 Å². The Hall–Kier alpha value is -2.75. The Labute approximate surface area is 192 Å². The van der Waals surface area contributed by atoms with E-state index in [-0.39, 0.29) is 11.7 Å². The number of carbonyl (C=O) groups excluding carboxylic acids is 1. The lowest BCUT2D eigenvalue weighted by molar-refractivity contribution is -0.113. The number of carbonyl (C=O) groups is 1. The minimum Gasteiger partial charge on any atom is -0.495 e. The van der Waals surface area contributed by atoms with Gasteiger partial charge in [-0.1, -0.05) is 29.4 Å². The van der Waals surface area contributed by atoms with Crippen LogP contribution in [0.4, 0.5) is 5.69 Å². The monoisotopic (exact) mass is 474 g/mol. The highest BCUT2D eigenvalue weighted by Crippen LogP contribution is 2.32. The highest BCUT2D eigenvalue weighted by molar-refractivity contribution is 7.99. The van der Waals surface area contributed by atoms with Crippen LogP contribution in [0.3, 0.4) is 0 Å². The Bertz CT molecular complexity index is 1170. The van der Waals surface area contributed by atoms with Crippen molar-refractivity contribution in [3.8, 4) is 16.5 Å². The third kappa shape index (κ3) is 4.95. The number of hydrogen-bond acceptors (Lipinski definition) is 7. The van der Waals surface area contributed by atoms with E-state index in [9.17, 15) is 4.79 Å². The molecular weight excluding hydrogens is 456 g/mol. The quantitative estimate of drug-likeness (QED) is 0.347. The molecule has 4 rings (SSSR count). The van der Waals surface area contributed by atoms with Gasteiger partial charge in [-0.25, -0.2) is 0 Å². The van der Waals surface area contributed by atoms with Gasteiger partial charge in [-0.05, 0) is 42.1 Å². The number of nitrogens with one attached hydrogen (secondary N) is 1. The fourth-order valence-electron chi connectivity index (χ4n) is 2.93. The molecule has 3 aromatic heterocycles. The number of furan rings is 1. The van der Waals surface area contributed by atoms with Crippen molar-refractivity contribution in [1.29, 1.82) is 0 Å². The van der Waals surface area contributed by atoms with Gasteiger partial charge in [0.2, 0.25) is 5.91 Å². The summed E-state index contributed by atoms with van der Waals surface area (Å²) in [4.78, 5) is 13.6. The number of nitrogens with zero attached hydrogens (tertiary/aromatic N) is 3. The predicted octanol–water partition coefficient (Wildman–Crippen LogP) is 5.35. The molecule has 10 heteroatoms. The number of aryl methyl sites for hydroxylation is 1. The number of thioether (sulfide) groups is 1. The molecule has 0 unspecified atom stereocenters. The Morgan fingerprint density at radius 3 is 2.90 bits per heavy atom. The van der Waals surface area contributed by atoms with Gasteiger partial charge in [-0.3, -0.25) is 9.36 Å². The van der Waals surface area contributed by atoms with Gasteiger partial charge in [-0.15, -0.1) is 21.5 Å². The zero-order valence-corrected chi connectivity index (χ0v) is 19.2. The Morgan fingerprint density at radius 1 is 1.32 bits per heavy atom. The van der Waals surface area contributed by atoms with Gasteiger partial charge in [0.25, 0.3) is 0 Å². The van der Waals surface area contributed by atoms with E-state index in [0.717, 1.165) is 22.0 Å². The van der Waals surface area contributed by atoms with Crippen molar-refractivity contribution in [2.45, 2.75) is 18.6 Å². The number of aromatic nitrogens is 3. The molecule has 1 aromatic carbocycles. The number of halogens is 1. The molecule has 0 atom stereocenters. The van der Waals surface area contributed by atoms with Crippen molar-refractivity contribution in [3.63, 3.8) is 0 Å². The topological polar surface area (TPSA) is 82.2 Å². The van der Waals surface area contributed by atoms with Crippen LogP contribution in [0.2, 0.25) is 5.02 Å². The molecule has 4 aromatic rings.